The van der Waals surface area contributed by atoms with Crippen molar-refractivity contribution in [1.82, 2.24) is 14.9 Å². The molecule has 1 aliphatic rings. The molecule has 1 aromatic rings. The van der Waals surface area contributed by atoms with Crippen LogP contribution < -0.4 is 5.32 Å². The Labute approximate surface area is 97.1 Å². The van der Waals surface area contributed by atoms with E-state index in [-0.39, 0.29) is 0 Å². The molecular weight excluding hydrogens is 200 g/mol. The van der Waals surface area contributed by atoms with E-state index in [1.807, 2.05) is 6.07 Å². The van der Waals surface area contributed by atoms with Gasteiger partial charge in [-0.25, -0.2) is 9.97 Å². The summed E-state index contributed by atoms with van der Waals surface area (Å²) in [6.07, 6.45) is 5.31. The van der Waals surface area contributed by atoms with Crippen molar-refractivity contribution >= 4 is 5.82 Å². The fourth-order valence-electron chi connectivity index (χ4n) is 2.04. The molecule has 0 spiro atoms. The smallest absolute Gasteiger partial charge is 0.129 e. The SMILES string of the molecule is CCc1cc(NCCN2CCCC2)ncn1. The van der Waals surface area contributed by atoms with Crippen molar-refractivity contribution in [2.24, 2.45) is 0 Å². The van der Waals surface area contributed by atoms with E-state index in [4.69, 9.17) is 0 Å². The van der Waals surface area contributed by atoms with Gasteiger partial charge < -0.3 is 10.2 Å². The standard InChI is InChI=1S/C12H20N4/c1-2-11-9-12(15-10-14-11)13-5-8-16-6-3-4-7-16/h9-10H,2-8H2,1H3,(H,13,14,15). The van der Waals surface area contributed by atoms with Crippen LogP contribution >= 0.6 is 0 Å². The lowest BCUT2D eigenvalue weighted by atomic mass is 10.3. The van der Waals surface area contributed by atoms with Gasteiger partial charge in [-0.1, -0.05) is 6.92 Å². The minimum Gasteiger partial charge on any atom is -0.369 e. The maximum absolute atomic E-state index is 4.21. The van der Waals surface area contributed by atoms with Gasteiger partial charge in [0.05, 0.1) is 0 Å². The first-order valence-corrected chi connectivity index (χ1v) is 6.15. The molecule has 0 aromatic carbocycles. The van der Waals surface area contributed by atoms with E-state index in [9.17, 15) is 0 Å². The molecule has 1 aliphatic heterocycles. The highest BCUT2D eigenvalue weighted by molar-refractivity contribution is 5.34. The Balaban J connectivity index is 1.75. The third-order valence-electron chi connectivity index (χ3n) is 3.02. The van der Waals surface area contributed by atoms with E-state index in [1.165, 1.54) is 25.9 Å². The van der Waals surface area contributed by atoms with Gasteiger partial charge in [-0.15, -0.1) is 0 Å². The van der Waals surface area contributed by atoms with E-state index in [1.54, 1.807) is 6.33 Å². The summed E-state index contributed by atoms with van der Waals surface area (Å²) in [6.45, 7) is 6.71. The summed E-state index contributed by atoms with van der Waals surface area (Å²) >= 11 is 0. The Bertz CT molecular complexity index is 321. The molecule has 1 N–H and O–H groups in total. The molecule has 0 saturated carbocycles. The minimum atomic E-state index is 0.950. The van der Waals surface area contributed by atoms with E-state index in [0.29, 0.717) is 0 Å². The van der Waals surface area contributed by atoms with Crippen LogP contribution in [0.25, 0.3) is 0 Å². The number of aromatic nitrogens is 2. The average Bonchev–Trinajstić information content (AvgIpc) is 2.82. The lowest BCUT2D eigenvalue weighted by Crippen LogP contribution is -2.26. The van der Waals surface area contributed by atoms with E-state index >= 15 is 0 Å². The molecule has 4 nitrogen and oxygen atoms in total. The van der Waals surface area contributed by atoms with Crippen LogP contribution in [0.4, 0.5) is 5.82 Å². The monoisotopic (exact) mass is 220 g/mol. The summed E-state index contributed by atoms with van der Waals surface area (Å²) in [5.74, 6) is 0.950. The summed E-state index contributed by atoms with van der Waals surface area (Å²) in [5, 5.41) is 3.35. The van der Waals surface area contributed by atoms with Crippen LogP contribution in [0.15, 0.2) is 12.4 Å². The first-order chi connectivity index (χ1) is 7.88. The number of likely N-dealkylation sites (tertiary alicyclic amines) is 1. The zero-order valence-electron chi connectivity index (χ0n) is 9.95. The molecule has 0 unspecified atom stereocenters. The largest absolute Gasteiger partial charge is 0.369 e. The average molecular weight is 220 g/mol. The highest BCUT2D eigenvalue weighted by atomic mass is 15.2. The lowest BCUT2D eigenvalue weighted by molar-refractivity contribution is 0.352. The maximum Gasteiger partial charge on any atom is 0.129 e. The quantitative estimate of drug-likeness (QED) is 0.817. The number of nitrogens with zero attached hydrogens (tertiary/aromatic N) is 3. The van der Waals surface area contributed by atoms with Crippen LogP contribution in [0.1, 0.15) is 25.5 Å². The summed E-state index contributed by atoms with van der Waals surface area (Å²) in [4.78, 5) is 10.9. The van der Waals surface area contributed by atoms with Crippen LogP contribution in [0.2, 0.25) is 0 Å². The number of hydrogen-bond donors (Lipinski definition) is 1. The Morgan fingerprint density at radius 1 is 1.31 bits per heavy atom. The van der Waals surface area contributed by atoms with Gasteiger partial charge in [0.25, 0.3) is 0 Å². The Hall–Kier alpha value is -1.16. The molecule has 0 aliphatic carbocycles. The van der Waals surface area contributed by atoms with Gasteiger partial charge in [0.15, 0.2) is 0 Å². The van der Waals surface area contributed by atoms with Crippen LogP contribution in [0.3, 0.4) is 0 Å². The molecule has 1 aromatic heterocycles. The molecule has 88 valence electrons. The number of rotatable bonds is 5. The number of aryl methyl sites for hydroxylation is 1. The fraction of sp³-hybridized carbons (Fsp3) is 0.667. The summed E-state index contributed by atoms with van der Waals surface area (Å²) in [5.41, 5.74) is 1.10. The van der Waals surface area contributed by atoms with Crippen LogP contribution in [-0.2, 0) is 6.42 Å². The number of nitrogens with one attached hydrogen (secondary N) is 1. The van der Waals surface area contributed by atoms with Gasteiger partial charge in [0.1, 0.15) is 12.1 Å². The molecular formula is C12H20N4. The fourth-order valence-corrected chi connectivity index (χ4v) is 2.04. The number of hydrogen-bond acceptors (Lipinski definition) is 4. The zero-order chi connectivity index (χ0) is 11.2. The van der Waals surface area contributed by atoms with Gasteiger partial charge in [-0.05, 0) is 32.4 Å². The second kappa shape index (κ2) is 5.80. The molecule has 4 heteroatoms. The van der Waals surface area contributed by atoms with E-state index < -0.39 is 0 Å². The van der Waals surface area contributed by atoms with Crippen molar-refractivity contribution < 1.29 is 0 Å². The molecule has 0 atom stereocenters. The Kier molecular flexibility index (Phi) is 4.10. The molecule has 1 saturated heterocycles. The van der Waals surface area contributed by atoms with Gasteiger partial charge in [0, 0.05) is 24.8 Å². The second-order valence-corrected chi connectivity index (χ2v) is 4.22. The molecule has 2 rings (SSSR count). The van der Waals surface area contributed by atoms with Crippen molar-refractivity contribution in [3.63, 3.8) is 0 Å². The predicted molar refractivity (Wildman–Crippen MR) is 65.6 cm³/mol. The second-order valence-electron chi connectivity index (χ2n) is 4.22. The topological polar surface area (TPSA) is 41.0 Å². The zero-order valence-corrected chi connectivity index (χ0v) is 9.95. The van der Waals surface area contributed by atoms with Crippen molar-refractivity contribution in [1.29, 1.82) is 0 Å². The van der Waals surface area contributed by atoms with Crippen molar-refractivity contribution in [3.05, 3.63) is 18.1 Å². The van der Waals surface area contributed by atoms with Crippen molar-refractivity contribution in [2.45, 2.75) is 26.2 Å². The summed E-state index contributed by atoms with van der Waals surface area (Å²) < 4.78 is 0. The van der Waals surface area contributed by atoms with E-state index in [0.717, 1.165) is 31.0 Å². The minimum absolute atomic E-state index is 0.950. The van der Waals surface area contributed by atoms with Crippen molar-refractivity contribution in [2.75, 3.05) is 31.5 Å². The highest BCUT2D eigenvalue weighted by Crippen LogP contribution is 2.07. The van der Waals surface area contributed by atoms with Crippen molar-refractivity contribution in [3.8, 4) is 0 Å². The molecule has 1 fully saturated rings. The normalized spacial score (nSPS) is 16.6. The molecule has 0 radical (unpaired) electrons. The lowest BCUT2D eigenvalue weighted by Gasteiger charge is -2.14. The first kappa shape index (κ1) is 11.3. The molecule has 2 heterocycles. The summed E-state index contributed by atoms with van der Waals surface area (Å²) in [6, 6.07) is 2.03. The van der Waals surface area contributed by atoms with Gasteiger partial charge >= 0.3 is 0 Å². The van der Waals surface area contributed by atoms with Crippen LogP contribution in [0, 0.1) is 0 Å². The third-order valence-corrected chi connectivity index (χ3v) is 3.02. The number of anilines is 1. The van der Waals surface area contributed by atoms with Gasteiger partial charge in [-0.2, -0.15) is 0 Å². The molecule has 0 amide bonds. The van der Waals surface area contributed by atoms with E-state index in [2.05, 4.69) is 27.1 Å². The maximum atomic E-state index is 4.21. The molecule has 16 heavy (non-hydrogen) atoms. The predicted octanol–water partition coefficient (Wildman–Crippen LogP) is 1.55. The molecule has 0 bridgehead atoms. The van der Waals surface area contributed by atoms with Crippen LogP contribution in [-0.4, -0.2) is 41.0 Å². The Morgan fingerprint density at radius 3 is 2.88 bits per heavy atom. The van der Waals surface area contributed by atoms with Gasteiger partial charge in [-0.3, -0.25) is 0 Å². The van der Waals surface area contributed by atoms with Crippen LogP contribution in [0.5, 0.6) is 0 Å². The van der Waals surface area contributed by atoms with Gasteiger partial charge in [0.2, 0.25) is 0 Å². The third kappa shape index (κ3) is 3.17. The summed E-state index contributed by atoms with van der Waals surface area (Å²) in [7, 11) is 0. The first-order valence-electron chi connectivity index (χ1n) is 6.15. The highest BCUT2D eigenvalue weighted by Gasteiger charge is 2.10. The Morgan fingerprint density at radius 2 is 2.12 bits per heavy atom.